The van der Waals surface area contributed by atoms with Crippen molar-refractivity contribution in [3.05, 3.63) is 0 Å². The van der Waals surface area contributed by atoms with Crippen molar-refractivity contribution in [1.82, 2.24) is 4.90 Å². The zero-order valence-electron chi connectivity index (χ0n) is 6.32. The summed E-state index contributed by atoms with van der Waals surface area (Å²) < 4.78 is 0. The van der Waals surface area contributed by atoms with Gasteiger partial charge in [0.15, 0.2) is 0 Å². The van der Waals surface area contributed by atoms with E-state index in [2.05, 4.69) is 0 Å². The minimum Gasteiger partial charge on any atom is -0.395 e. The van der Waals surface area contributed by atoms with E-state index < -0.39 is 0 Å². The van der Waals surface area contributed by atoms with Crippen LogP contribution < -0.4 is 0 Å². The SMILES string of the molecule is [O]CC1CCC(=O)N1CCO. The van der Waals surface area contributed by atoms with Gasteiger partial charge < -0.3 is 10.0 Å². The summed E-state index contributed by atoms with van der Waals surface area (Å²) in [5.74, 6) is -0.0000926. The summed E-state index contributed by atoms with van der Waals surface area (Å²) in [7, 11) is 0. The van der Waals surface area contributed by atoms with Crippen molar-refractivity contribution < 1.29 is 15.0 Å². The molecule has 1 saturated heterocycles. The fraction of sp³-hybridized carbons (Fsp3) is 0.857. The molecule has 11 heavy (non-hydrogen) atoms. The Labute approximate surface area is 65.4 Å². The van der Waals surface area contributed by atoms with Crippen molar-refractivity contribution in [3.8, 4) is 0 Å². The van der Waals surface area contributed by atoms with Crippen LogP contribution in [0, 0.1) is 0 Å². The second-order valence-corrected chi connectivity index (χ2v) is 2.67. The molecular formula is C7H12NO3. The number of hydrogen-bond acceptors (Lipinski definition) is 2. The van der Waals surface area contributed by atoms with Crippen molar-refractivity contribution in [2.45, 2.75) is 18.9 Å². The van der Waals surface area contributed by atoms with Crippen molar-refractivity contribution in [2.75, 3.05) is 19.8 Å². The lowest BCUT2D eigenvalue weighted by atomic mass is 10.2. The number of β-amino-alcohol motifs (C(OH)–C–C–N with tert-alkyl or cyclic N) is 1. The molecule has 1 fully saturated rings. The first-order chi connectivity index (χ1) is 5.29. The molecule has 0 saturated carbocycles. The number of aliphatic hydroxyl groups excluding tert-OH is 1. The molecule has 0 bridgehead atoms. The maximum absolute atomic E-state index is 11.0. The molecule has 4 nitrogen and oxygen atoms in total. The molecule has 0 aromatic heterocycles. The zero-order chi connectivity index (χ0) is 8.27. The van der Waals surface area contributed by atoms with Gasteiger partial charge in [0, 0.05) is 13.0 Å². The van der Waals surface area contributed by atoms with Gasteiger partial charge in [-0.15, -0.1) is 0 Å². The van der Waals surface area contributed by atoms with Crippen molar-refractivity contribution in [1.29, 1.82) is 0 Å². The van der Waals surface area contributed by atoms with E-state index in [0.29, 0.717) is 19.4 Å². The summed E-state index contributed by atoms with van der Waals surface area (Å²) in [5.41, 5.74) is 0. The van der Waals surface area contributed by atoms with Crippen LogP contribution in [-0.4, -0.2) is 41.7 Å². The number of hydrogen-bond donors (Lipinski definition) is 1. The molecule has 1 rings (SSSR count). The maximum atomic E-state index is 11.0. The molecule has 0 spiro atoms. The Balaban J connectivity index is 2.49. The molecule has 1 aliphatic heterocycles. The number of carbonyl (C=O) groups is 1. The van der Waals surface area contributed by atoms with Crippen LogP contribution in [0.15, 0.2) is 0 Å². The molecule has 1 amide bonds. The van der Waals surface area contributed by atoms with Gasteiger partial charge >= 0.3 is 0 Å². The Kier molecular flexibility index (Phi) is 2.84. The Morgan fingerprint density at radius 2 is 2.36 bits per heavy atom. The van der Waals surface area contributed by atoms with Crippen molar-refractivity contribution in [3.63, 3.8) is 0 Å². The van der Waals surface area contributed by atoms with Gasteiger partial charge in [-0.1, -0.05) is 0 Å². The fourth-order valence-corrected chi connectivity index (χ4v) is 1.38. The number of rotatable bonds is 3. The Hall–Kier alpha value is -0.610. The van der Waals surface area contributed by atoms with Gasteiger partial charge in [0.25, 0.3) is 0 Å². The molecule has 1 radical (unpaired) electrons. The summed E-state index contributed by atoms with van der Waals surface area (Å²) in [6.45, 7) is 0.0136. The third-order valence-electron chi connectivity index (χ3n) is 1.99. The largest absolute Gasteiger partial charge is 0.395 e. The predicted octanol–water partition coefficient (Wildman–Crippen LogP) is -0.600. The van der Waals surface area contributed by atoms with Crippen LogP contribution in [0.5, 0.6) is 0 Å². The molecule has 1 heterocycles. The fourth-order valence-electron chi connectivity index (χ4n) is 1.38. The van der Waals surface area contributed by atoms with Crippen molar-refractivity contribution in [2.24, 2.45) is 0 Å². The second-order valence-electron chi connectivity index (χ2n) is 2.67. The van der Waals surface area contributed by atoms with E-state index >= 15 is 0 Å². The summed E-state index contributed by atoms with van der Waals surface area (Å²) in [6, 6.07) is -0.172. The molecule has 63 valence electrons. The number of nitrogens with zero attached hydrogens (tertiary/aromatic N) is 1. The van der Waals surface area contributed by atoms with E-state index in [9.17, 15) is 9.90 Å². The number of amides is 1. The average molecular weight is 158 g/mol. The molecule has 0 aromatic carbocycles. The zero-order valence-corrected chi connectivity index (χ0v) is 6.32. The first-order valence-corrected chi connectivity index (χ1v) is 3.78. The predicted molar refractivity (Wildman–Crippen MR) is 37.4 cm³/mol. The van der Waals surface area contributed by atoms with Crippen LogP contribution in [0.1, 0.15) is 12.8 Å². The highest BCUT2D eigenvalue weighted by Gasteiger charge is 2.29. The highest BCUT2D eigenvalue weighted by atomic mass is 16.3. The highest BCUT2D eigenvalue weighted by molar-refractivity contribution is 5.78. The number of likely N-dealkylation sites (tertiary alicyclic amines) is 1. The van der Waals surface area contributed by atoms with Crippen LogP contribution >= 0.6 is 0 Å². The van der Waals surface area contributed by atoms with Crippen LogP contribution in [0.25, 0.3) is 0 Å². The van der Waals surface area contributed by atoms with E-state index in [4.69, 9.17) is 5.11 Å². The maximum Gasteiger partial charge on any atom is 0.223 e. The topological polar surface area (TPSA) is 60.4 Å². The first kappa shape index (κ1) is 8.49. The smallest absolute Gasteiger partial charge is 0.223 e. The second kappa shape index (κ2) is 3.69. The first-order valence-electron chi connectivity index (χ1n) is 3.78. The van der Waals surface area contributed by atoms with Crippen LogP contribution in [-0.2, 0) is 9.90 Å². The molecule has 1 aliphatic rings. The Morgan fingerprint density at radius 1 is 1.64 bits per heavy atom. The highest BCUT2D eigenvalue weighted by Crippen LogP contribution is 2.17. The van der Waals surface area contributed by atoms with E-state index in [1.165, 1.54) is 4.90 Å². The summed E-state index contributed by atoms with van der Waals surface area (Å²) in [4.78, 5) is 12.5. The molecule has 0 aliphatic carbocycles. The molecule has 1 N–H and O–H groups in total. The van der Waals surface area contributed by atoms with Crippen molar-refractivity contribution >= 4 is 5.91 Å². The van der Waals surface area contributed by atoms with Gasteiger partial charge in [-0.05, 0) is 6.42 Å². The molecule has 0 aromatic rings. The molecular weight excluding hydrogens is 146 g/mol. The van der Waals surface area contributed by atoms with Crippen LogP contribution in [0.2, 0.25) is 0 Å². The van der Waals surface area contributed by atoms with Gasteiger partial charge in [-0.2, -0.15) is 0 Å². The van der Waals surface area contributed by atoms with E-state index in [1.807, 2.05) is 0 Å². The number of carbonyl (C=O) groups excluding carboxylic acids is 1. The van der Waals surface area contributed by atoms with Gasteiger partial charge in [-0.3, -0.25) is 4.79 Å². The Bertz CT molecular complexity index is 149. The van der Waals surface area contributed by atoms with Gasteiger partial charge in [0.2, 0.25) is 5.91 Å². The van der Waals surface area contributed by atoms with E-state index in [1.54, 1.807) is 0 Å². The molecule has 1 unspecified atom stereocenters. The van der Waals surface area contributed by atoms with Gasteiger partial charge in [-0.25, -0.2) is 5.11 Å². The van der Waals surface area contributed by atoms with Gasteiger partial charge in [0.1, 0.15) is 6.61 Å². The van der Waals surface area contributed by atoms with E-state index in [0.717, 1.165) is 0 Å². The van der Waals surface area contributed by atoms with Gasteiger partial charge in [0.05, 0.1) is 12.6 Å². The number of aliphatic hydroxyl groups is 1. The minimum absolute atomic E-state index is 0.0000926. The lowest BCUT2D eigenvalue weighted by Gasteiger charge is -2.20. The monoisotopic (exact) mass is 158 g/mol. The average Bonchev–Trinajstić information content (AvgIpc) is 2.34. The van der Waals surface area contributed by atoms with E-state index in [-0.39, 0.29) is 25.2 Å². The quantitative estimate of drug-likeness (QED) is 0.596. The molecule has 4 heteroatoms. The third-order valence-corrected chi connectivity index (χ3v) is 1.99. The molecule has 1 atom stereocenters. The standard InChI is InChI=1S/C7H12NO3/c9-4-3-8-6(5-10)1-2-7(8)11/h6,9H,1-5H2. The lowest BCUT2D eigenvalue weighted by Crippen LogP contribution is -2.37. The lowest BCUT2D eigenvalue weighted by molar-refractivity contribution is -0.130. The van der Waals surface area contributed by atoms with Crippen LogP contribution in [0.3, 0.4) is 0 Å². The normalized spacial score (nSPS) is 24.7. The third kappa shape index (κ3) is 1.70. The van der Waals surface area contributed by atoms with Crippen LogP contribution in [0.4, 0.5) is 0 Å². The Morgan fingerprint density at radius 3 is 2.91 bits per heavy atom. The summed E-state index contributed by atoms with van der Waals surface area (Å²) in [6.07, 6.45) is 1.12. The minimum atomic E-state index is -0.244. The summed E-state index contributed by atoms with van der Waals surface area (Å²) >= 11 is 0. The summed E-state index contributed by atoms with van der Waals surface area (Å²) in [5, 5.41) is 19.0.